The molecule has 0 aromatic carbocycles. The van der Waals surface area contributed by atoms with E-state index in [0.717, 1.165) is 4.90 Å². The highest BCUT2D eigenvalue weighted by Crippen LogP contribution is 2.44. The van der Waals surface area contributed by atoms with Gasteiger partial charge in [-0.15, -0.1) is 0 Å². The van der Waals surface area contributed by atoms with Crippen molar-refractivity contribution >= 4 is 5.91 Å². The molecule has 1 atom stereocenters. The highest BCUT2D eigenvalue weighted by Gasteiger charge is 2.62. The third-order valence-corrected chi connectivity index (χ3v) is 3.64. The maximum Gasteiger partial charge on any atom is 0.404 e. The van der Waals surface area contributed by atoms with Crippen LogP contribution >= 0.6 is 0 Å². The van der Waals surface area contributed by atoms with E-state index in [4.69, 9.17) is 4.42 Å². The normalized spacial score (nSPS) is 23.1. The summed E-state index contributed by atoms with van der Waals surface area (Å²) in [5.41, 5.74) is -2.32. The Morgan fingerprint density at radius 3 is 2.65 bits per heavy atom. The van der Waals surface area contributed by atoms with Crippen LogP contribution in [-0.4, -0.2) is 37.1 Å². The Balaban J connectivity index is 2.16. The van der Waals surface area contributed by atoms with Crippen molar-refractivity contribution in [1.82, 2.24) is 10.2 Å². The number of furan rings is 1. The lowest BCUT2D eigenvalue weighted by Gasteiger charge is -2.33. The predicted octanol–water partition coefficient (Wildman–Crippen LogP) is 2.09. The number of carbonyl (C=O) groups excluding carboxylic acids is 1. The Labute approximate surface area is 114 Å². The van der Waals surface area contributed by atoms with Gasteiger partial charge in [-0.25, -0.2) is 0 Å². The third kappa shape index (κ3) is 2.54. The average molecular weight is 290 g/mol. The van der Waals surface area contributed by atoms with Crippen molar-refractivity contribution in [2.75, 3.05) is 20.1 Å². The monoisotopic (exact) mass is 290 g/mol. The maximum atomic E-state index is 13.3. The number of alkyl halides is 3. The van der Waals surface area contributed by atoms with E-state index >= 15 is 0 Å². The van der Waals surface area contributed by atoms with Crippen molar-refractivity contribution in [2.45, 2.75) is 26.1 Å². The van der Waals surface area contributed by atoms with Gasteiger partial charge in [-0.3, -0.25) is 4.79 Å². The van der Waals surface area contributed by atoms with Crippen molar-refractivity contribution in [3.8, 4) is 0 Å². The second-order valence-corrected chi connectivity index (χ2v) is 5.18. The molecule has 0 radical (unpaired) electrons. The first-order valence-electron chi connectivity index (χ1n) is 6.34. The lowest BCUT2D eigenvalue weighted by molar-refractivity contribution is -0.221. The minimum absolute atomic E-state index is 0.0322. The predicted molar refractivity (Wildman–Crippen MR) is 65.9 cm³/mol. The Kier molecular flexibility index (Phi) is 3.82. The molecule has 1 aliphatic heterocycles. The summed E-state index contributed by atoms with van der Waals surface area (Å²) < 4.78 is 45.1. The molecule has 0 bridgehead atoms. The van der Waals surface area contributed by atoms with E-state index in [1.807, 2.05) is 0 Å². The topological polar surface area (TPSA) is 45.5 Å². The molecule has 112 valence electrons. The number of nitrogens with one attached hydrogen (secondary N) is 1. The zero-order chi connectivity index (χ0) is 15.0. The number of amides is 1. The van der Waals surface area contributed by atoms with Crippen molar-refractivity contribution < 1.29 is 22.4 Å². The second kappa shape index (κ2) is 5.12. The van der Waals surface area contributed by atoms with E-state index in [0.29, 0.717) is 11.5 Å². The molecule has 1 amide bonds. The first-order valence-corrected chi connectivity index (χ1v) is 6.34. The van der Waals surface area contributed by atoms with Crippen molar-refractivity contribution in [2.24, 2.45) is 5.41 Å². The SMILES string of the molecule is Cc1ccc(CN(C)C(=O)C2(C(F)(F)F)CCNC2)o1. The van der Waals surface area contributed by atoms with E-state index < -0.39 is 17.5 Å². The van der Waals surface area contributed by atoms with E-state index in [-0.39, 0.29) is 26.1 Å². The Hall–Kier alpha value is -1.50. The summed E-state index contributed by atoms with van der Waals surface area (Å²) in [5.74, 6) is 0.222. The van der Waals surface area contributed by atoms with E-state index in [9.17, 15) is 18.0 Å². The first-order chi connectivity index (χ1) is 9.26. The lowest BCUT2D eigenvalue weighted by Crippen LogP contribution is -2.52. The summed E-state index contributed by atoms with van der Waals surface area (Å²) >= 11 is 0. The molecule has 1 N–H and O–H groups in total. The quantitative estimate of drug-likeness (QED) is 0.927. The van der Waals surface area contributed by atoms with E-state index in [1.54, 1.807) is 19.1 Å². The number of rotatable bonds is 3. The zero-order valence-electron chi connectivity index (χ0n) is 11.4. The Morgan fingerprint density at radius 1 is 1.50 bits per heavy atom. The van der Waals surface area contributed by atoms with Gasteiger partial charge < -0.3 is 14.6 Å². The summed E-state index contributed by atoms with van der Waals surface area (Å²) in [6.45, 7) is 1.60. The molecule has 1 saturated heterocycles. The number of carbonyl (C=O) groups is 1. The average Bonchev–Trinajstić information content (AvgIpc) is 2.97. The molecule has 1 unspecified atom stereocenters. The van der Waals surface area contributed by atoms with Gasteiger partial charge >= 0.3 is 6.18 Å². The summed E-state index contributed by atoms with van der Waals surface area (Å²) in [7, 11) is 1.37. The van der Waals surface area contributed by atoms with Gasteiger partial charge in [-0.2, -0.15) is 13.2 Å². The molecule has 7 heteroatoms. The highest BCUT2D eigenvalue weighted by molar-refractivity contribution is 5.84. The third-order valence-electron chi connectivity index (χ3n) is 3.64. The minimum Gasteiger partial charge on any atom is -0.464 e. The van der Waals surface area contributed by atoms with Gasteiger partial charge in [-0.05, 0) is 32.0 Å². The van der Waals surface area contributed by atoms with Crippen LogP contribution in [0.2, 0.25) is 0 Å². The molecule has 0 spiro atoms. The fraction of sp³-hybridized carbons (Fsp3) is 0.615. The van der Waals surface area contributed by atoms with Gasteiger partial charge in [-0.1, -0.05) is 0 Å². The molecule has 2 heterocycles. The van der Waals surface area contributed by atoms with Crippen molar-refractivity contribution in [3.63, 3.8) is 0 Å². The van der Waals surface area contributed by atoms with Gasteiger partial charge in [0.2, 0.25) is 5.91 Å². The van der Waals surface area contributed by atoms with Crippen LogP contribution in [0.25, 0.3) is 0 Å². The summed E-state index contributed by atoms with van der Waals surface area (Å²) in [5, 5.41) is 2.63. The molecule has 0 aliphatic carbocycles. The van der Waals surface area contributed by atoms with E-state index in [1.165, 1.54) is 7.05 Å². The number of hydrogen-bond acceptors (Lipinski definition) is 3. The molecule has 1 fully saturated rings. The summed E-state index contributed by atoms with van der Waals surface area (Å²) in [6.07, 6.45) is -4.78. The number of hydrogen-bond donors (Lipinski definition) is 1. The molecule has 2 rings (SSSR count). The molecule has 1 aromatic heterocycles. The second-order valence-electron chi connectivity index (χ2n) is 5.18. The summed E-state index contributed by atoms with van der Waals surface area (Å²) in [4.78, 5) is 13.3. The zero-order valence-corrected chi connectivity index (χ0v) is 11.4. The Bertz CT molecular complexity index is 490. The van der Waals surface area contributed by atoms with Gasteiger partial charge in [0.05, 0.1) is 6.54 Å². The molecule has 20 heavy (non-hydrogen) atoms. The van der Waals surface area contributed by atoms with Crippen LogP contribution in [0.3, 0.4) is 0 Å². The largest absolute Gasteiger partial charge is 0.464 e. The van der Waals surface area contributed by atoms with Crippen LogP contribution in [0.5, 0.6) is 0 Å². The summed E-state index contributed by atoms with van der Waals surface area (Å²) in [6, 6.07) is 3.37. The lowest BCUT2D eigenvalue weighted by atomic mass is 9.84. The van der Waals surface area contributed by atoms with Gasteiger partial charge in [0.1, 0.15) is 11.5 Å². The van der Waals surface area contributed by atoms with Crippen LogP contribution in [0, 0.1) is 12.3 Å². The van der Waals surface area contributed by atoms with Gasteiger partial charge in [0.25, 0.3) is 0 Å². The van der Waals surface area contributed by atoms with Crippen molar-refractivity contribution in [1.29, 1.82) is 0 Å². The van der Waals surface area contributed by atoms with Crippen LogP contribution in [0.1, 0.15) is 17.9 Å². The molecule has 4 nitrogen and oxygen atoms in total. The molecular formula is C13H17F3N2O2. The smallest absolute Gasteiger partial charge is 0.404 e. The molecule has 1 aliphatic rings. The maximum absolute atomic E-state index is 13.3. The molecular weight excluding hydrogens is 273 g/mol. The number of aryl methyl sites for hydroxylation is 1. The van der Waals surface area contributed by atoms with Crippen LogP contribution in [0.4, 0.5) is 13.2 Å². The fourth-order valence-corrected chi connectivity index (χ4v) is 2.48. The fourth-order valence-electron chi connectivity index (χ4n) is 2.48. The van der Waals surface area contributed by atoms with Gasteiger partial charge in [0, 0.05) is 13.6 Å². The first kappa shape index (κ1) is 14.9. The van der Waals surface area contributed by atoms with Gasteiger partial charge in [0.15, 0.2) is 5.41 Å². The van der Waals surface area contributed by atoms with Crippen LogP contribution in [-0.2, 0) is 11.3 Å². The van der Waals surface area contributed by atoms with Crippen LogP contribution in [0.15, 0.2) is 16.5 Å². The minimum atomic E-state index is -4.55. The van der Waals surface area contributed by atoms with Crippen LogP contribution < -0.4 is 5.32 Å². The van der Waals surface area contributed by atoms with E-state index in [2.05, 4.69) is 5.32 Å². The Morgan fingerprint density at radius 2 is 2.20 bits per heavy atom. The number of halogens is 3. The standard InChI is InChI=1S/C13H17F3N2O2/c1-9-3-4-10(20-9)7-18(2)11(19)12(13(14,15)16)5-6-17-8-12/h3-4,17H,5-8H2,1-2H3. The molecule has 1 aromatic rings. The highest BCUT2D eigenvalue weighted by atomic mass is 19.4. The molecule has 0 saturated carbocycles. The van der Waals surface area contributed by atoms with Crippen molar-refractivity contribution in [3.05, 3.63) is 23.7 Å². The number of nitrogens with zero attached hydrogens (tertiary/aromatic N) is 1.